The fraction of sp³-hybridized carbons (Fsp3) is 0.467. The molecule has 1 aliphatic rings. The van der Waals surface area contributed by atoms with Crippen LogP contribution < -0.4 is 0 Å². The second-order valence-corrected chi connectivity index (χ2v) is 4.84. The number of rotatable bonds is 2. The normalized spacial score (nSPS) is 16.1. The molecule has 0 saturated carbocycles. The van der Waals surface area contributed by atoms with Gasteiger partial charge in [-0.2, -0.15) is 0 Å². The standard InChI is InChI=1S/C15H20/c1-5-11(3)13-7-6-12(4)14-8-10(2)9-15(13)14/h6-7,9,11H,5,8H2,1-4H3. The zero-order valence-corrected chi connectivity index (χ0v) is 10.2. The lowest BCUT2D eigenvalue weighted by Crippen LogP contribution is -1.98. The van der Waals surface area contributed by atoms with E-state index in [4.69, 9.17) is 0 Å². The summed E-state index contributed by atoms with van der Waals surface area (Å²) in [6, 6.07) is 4.60. The van der Waals surface area contributed by atoms with Crippen LogP contribution in [0.3, 0.4) is 0 Å². The molecule has 0 fully saturated rings. The van der Waals surface area contributed by atoms with Gasteiger partial charge in [-0.25, -0.2) is 0 Å². The summed E-state index contributed by atoms with van der Waals surface area (Å²) in [6.07, 6.45) is 4.76. The van der Waals surface area contributed by atoms with Crippen LogP contribution in [0.2, 0.25) is 0 Å². The topological polar surface area (TPSA) is 0 Å². The molecular weight excluding hydrogens is 180 g/mol. The first kappa shape index (κ1) is 10.5. The Bertz CT molecular complexity index is 410. The summed E-state index contributed by atoms with van der Waals surface area (Å²) in [4.78, 5) is 0. The Hall–Kier alpha value is -1.04. The van der Waals surface area contributed by atoms with Crippen molar-refractivity contribution in [1.82, 2.24) is 0 Å². The van der Waals surface area contributed by atoms with Crippen LogP contribution in [-0.4, -0.2) is 0 Å². The van der Waals surface area contributed by atoms with Crippen molar-refractivity contribution >= 4 is 6.08 Å². The van der Waals surface area contributed by atoms with Gasteiger partial charge in [-0.15, -0.1) is 0 Å². The Kier molecular flexibility index (Phi) is 2.68. The molecule has 0 nitrogen and oxygen atoms in total. The minimum Gasteiger partial charge on any atom is -0.0683 e. The van der Waals surface area contributed by atoms with Crippen LogP contribution in [0.4, 0.5) is 0 Å². The number of hydrogen-bond donors (Lipinski definition) is 0. The molecule has 0 spiro atoms. The van der Waals surface area contributed by atoms with Crippen molar-refractivity contribution in [2.75, 3.05) is 0 Å². The molecule has 15 heavy (non-hydrogen) atoms. The summed E-state index contributed by atoms with van der Waals surface area (Å²) in [5, 5.41) is 0. The minimum absolute atomic E-state index is 0.682. The fourth-order valence-corrected chi connectivity index (χ4v) is 2.42. The molecule has 0 aromatic heterocycles. The van der Waals surface area contributed by atoms with E-state index in [1.54, 1.807) is 5.56 Å². The van der Waals surface area contributed by atoms with Crippen LogP contribution >= 0.6 is 0 Å². The zero-order chi connectivity index (χ0) is 11.0. The third-order valence-electron chi connectivity index (χ3n) is 3.61. The zero-order valence-electron chi connectivity index (χ0n) is 10.2. The smallest absolute Gasteiger partial charge is 0.00579 e. The van der Waals surface area contributed by atoms with E-state index in [2.05, 4.69) is 45.9 Å². The van der Waals surface area contributed by atoms with Crippen molar-refractivity contribution in [2.45, 2.75) is 46.5 Å². The van der Waals surface area contributed by atoms with Crippen LogP contribution in [0.1, 0.15) is 55.4 Å². The van der Waals surface area contributed by atoms with Crippen molar-refractivity contribution in [3.8, 4) is 0 Å². The van der Waals surface area contributed by atoms with Crippen LogP contribution in [-0.2, 0) is 6.42 Å². The third kappa shape index (κ3) is 1.73. The molecule has 1 atom stereocenters. The molecule has 0 radical (unpaired) electrons. The Labute approximate surface area is 93.0 Å². The Balaban J connectivity index is 2.54. The maximum absolute atomic E-state index is 2.38. The molecule has 0 saturated heterocycles. The van der Waals surface area contributed by atoms with Gasteiger partial charge in [0.1, 0.15) is 0 Å². The third-order valence-corrected chi connectivity index (χ3v) is 3.61. The highest BCUT2D eigenvalue weighted by Crippen LogP contribution is 2.34. The fourth-order valence-electron chi connectivity index (χ4n) is 2.42. The summed E-state index contributed by atoms with van der Waals surface area (Å²) < 4.78 is 0. The van der Waals surface area contributed by atoms with Crippen molar-refractivity contribution in [2.24, 2.45) is 0 Å². The lowest BCUT2D eigenvalue weighted by atomic mass is 9.90. The van der Waals surface area contributed by atoms with E-state index in [0.717, 1.165) is 6.42 Å². The molecule has 0 amide bonds. The number of hydrogen-bond acceptors (Lipinski definition) is 0. The lowest BCUT2D eigenvalue weighted by Gasteiger charge is -2.15. The van der Waals surface area contributed by atoms with E-state index in [-0.39, 0.29) is 0 Å². The Morgan fingerprint density at radius 2 is 2.00 bits per heavy atom. The molecule has 0 aliphatic heterocycles. The van der Waals surface area contributed by atoms with Crippen LogP contribution in [0.15, 0.2) is 17.7 Å². The SMILES string of the molecule is CCC(C)c1ccc(C)c2c1C=C(C)C2. The molecule has 0 N–H and O–H groups in total. The average Bonchev–Trinajstić information content (AvgIpc) is 2.60. The maximum atomic E-state index is 2.38. The highest BCUT2D eigenvalue weighted by atomic mass is 14.2. The van der Waals surface area contributed by atoms with Gasteiger partial charge >= 0.3 is 0 Å². The van der Waals surface area contributed by atoms with Gasteiger partial charge in [-0.1, -0.05) is 37.6 Å². The second kappa shape index (κ2) is 3.84. The quantitative estimate of drug-likeness (QED) is 0.661. The summed E-state index contributed by atoms with van der Waals surface area (Å²) in [6.45, 7) is 9.06. The van der Waals surface area contributed by atoms with Crippen LogP contribution in [0, 0.1) is 6.92 Å². The van der Waals surface area contributed by atoms with Crippen LogP contribution in [0.25, 0.3) is 6.08 Å². The Morgan fingerprint density at radius 3 is 2.67 bits per heavy atom. The number of benzene rings is 1. The van der Waals surface area contributed by atoms with Gasteiger partial charge in [0.25, 0.3) is 0 Å². The van der Waals surface area contributed by atoms with Gasteiger partial charge in [0.05, 0.1) is 0 Å². The van der Waals surface area contributed by atoms with Crippen molar-refractivity contribution < 1.29 is 0 Å². The predicted octanol–water partition coefficient (Wildman–Crippen LogP) is 4.47. The Morgan fingerprint density at radius 1 is 1.27 bits per heavy atom. The van der Waals surface area contributed by atoms with Gasteiger partial charge in [0.2, 0.25) is 0 Å². The average molecular weight is 200 g/mol. The molecule has 80 valence electrons. The number of fused-ring (bicyclic) bond motifs is 1. The molecule has 1 unspecified atom stereocenters. The molecule has 1 aromatic rings. The lowest BCUT2D eigenvalue weighted by molar-refractivity contribution is 0.731. The van der Waals surface area contributed by atoms with Crippen molar-refractivity contribution in [3.63, 3.8) is 0 Å². The van der Waals surface area contributed by atoms with Gasteiger partial charge in [0.15, 0.2) is 0 Å². The highest BCUT2D eigenvalue weighted by molar-refractivity contribution is 5.68. The van der Waals surface area contributed by atoms with Gasteiger partial charge in [-0.3, -0.25) is 0 Å². The predicted molar refractivity (Wildman–Crippen MR) is 67.2 cm³/mol. The molecule has 1 aliphatic carbocycles. The van der Waals surface area contributed by atoms with Gasteiger partial charge in [0, 0.05) is 0 Å². The number of allylic oxidation sites excluding steroid dienone is 1. The first-order valence-electron chi connectivity index (χ1n) is 5.93. The first-order valence-corrected chi connectivity index (χ1v) is 5.93. The van der Waals surface area contributed by atoms with E-state index in [9.17, 15) is 0 Å². The maximum Gasteiger partial charge on any atom is -0.00579 e. The minimum atomic E-state index is 0.682. The summed E-state index contributed by atoms with van der Waals surface area (Å²) in [5.74, 6) is 0.682. The molecule has 0 heteroatoms. The summed E-state index contributed by atoms with van der Waals surface area (Å²) in [5.41, 5.74) is 7.57. The highest BCUT2D eigenvalue weighted by Gasteiger charge is 2.17. The largest absolute Gasteiger partial charge is 0.0683 e. The molecule has 2 rings (SSSR count). The molecule has 0 bridgehead atoms. The van der Waals surface area contributed by atoms with E-state index in [1.165, 1.54) is 28.7 Å². The first-order chi connectivity index (χ1) is 7.13. The van der Waals surface area contributed by atoms with Crippen molar-refractivity contribution in [1.29, 1.82) is 0 Å². The molecule has 1 aromatic carbocycles. The van der Waals surface area contributed by atoms with E-state index in [0.29, 0.717) is 5.92 Å². The molecule has 0 heterocycles. The van der Waals surface area contributed by atoms with Crippen molar-refractivity contribution in [3.05, 3.63) is 40.0 Å². The molecular formula is C15H20. The monoisotopic (exact) mass is 200 g/mol. The van der Waals surface area contributed by atoms with Crippen LogP contribution in [0.5, 0.6) is 0 Å². The van der Waals surface area contributed by atoms with E-state index >= 15 is 0 Å². The number of aryl methyl sites for hydroxylation is 1. The van der Waals surface area contributed by atoms with Gasteiger partial charge < -0.3 is 0 Å². The second-order valence-electron chi connectivity index (χ2n) is 4.84. The summed E-state index contributed by atoms with van der Waals surface area (Å²) in [7, 11) is 0. The summed E-state index contributed by atoms with van der Waals surface area (Å²) >= 11 is 0. The van der Waals surface area contributed by atoms with E-state index < -0.39 is 0 Å². The van der Waals surface area contributed by atoms with Gasteiger partial charge in [-0.05, 0) is 54.9 Å². The van der Waals surface area contributed by atoms with E-state index in [1.807, 2.05) is 0 Å².